The lowest BCUT2D eigenvalue weighted by atomic mass is 10.1. The van der Waals surface area contributed by atoms with Crippen molar-refractivity contribution >= 4 is 16.0 Å². The number of nitrogens with zero attached hydrogens (tertiary/aromatic N) is 1. The topological polar surface area (TPSA) is 74.7 Å². The first-order valence-corrected chi connectivity index (χ1v) is 8.01. The van der Waals surface area contributed by atoms with Crippen LogP contribution in [0.4, 0.5) is 0 Å². The fraction of sp³-hybridized carbons (Fsp3) is 0.500. The molecule has 1 aromatic carbocycles. The maximum absolute atomic E-state index is 12.5. The Morgan fingerprint density at radius 3 is 2.50 bits per heavy atom. The molecule has 0 saturated heterocycles. The number of carboxylic acid groups (broad SMARTS) is 1. The lowest BCUT2D eigenvalue weighted by molar-refractivity contribution is 0.0696. The number of benzene rings is 1. The van der Waals surface area contributed by atoms with Crippen molar-refractivity contribution in [1.29, 1.82) is 0 Å². The molecule has 0 aromatic heterocycles. The molecule has 0 aliphatic heterocycles. The zero-order valence-electron chi connectivity index (χ0n) is 11.8. The highest BCUT2D eigenvalue weighted by Gasteiger charge is 2.36. The van der Waals surface area contributed by atoms with Gasteiger partial charge >= 0.3 is 5.97 Å². The summed E-state index contributed by atoms with van der Waals surface area (Å²) in [7, 11) is -2.09. The Morgan fingerprint density at radius 2 is 2.00 bits per heavy atom. The van der Waals surface area contributed by atoms with Gasteiger partial charge in [0, 0.05) is 13.1 Å². The van der Waals surface area contributed by atoms with Gasteiger partial charge in [0.25, 0.3) is 0 Å². The molecule has 0 heterocycles. The van der Waals surface area contributed by atoms with Gasteiger partial charge in [-0.25, -0.2) is 13.2 Å². The number of carbonyl (C=O) groups is 1. The largest absolute Gasteiger partial charge is 0.478 e. The van der Waals surface area contributed by atoms with Crippen LogP contribution in [0.1, 0.15) is 35.7 Å². The summed E-state index contributed by atoms with van der Waals surface area (Å²) in [6.45, 7) is 3.54. The Morgan fingerprint density at radius 1 is 1.40 bits per heavy atom. The van der Waals surface area contributed by atoms with Crippen LogP contribution in [-0.2, 0) is 10.0 Å². The summed E-state index contributed by atoms with van der Waals surface area (Å²) >= 11 is 0. The molecule has 5 nitrogen and oxygen atoms in total. The van der Waals surface area contributed by atoms with Gasteiger partial charge in [0.15, 0.2) is 0 Å². The van der Waals surface area contributed by atoms with Gasteiger partial charge in [0.2, 0.25) is 10.0 Å². The van der Waals surface area contributed by atoms with E-state index < -0.39 is 16.0 Å². The molecule has 110 valence electrons. The molecule has 0 radical (unpaired) electrons. The monoisotopic (exact) mass is 297 g/mol. The van der Waals surface area contributed by atoms with Gasteiger partial charge in [-0.2, -0.15) is 4.31 Å². The minimum atomic E-state index is -3.65. The summed E-state index contributed by atoms with van der Waals surface area (Å²) in [6.07, 6.45) is 2.10. The van der Waals surface area contributed by atoms with E-state index in [1.165, 1.54) is 22.5 Å². The van der Waals surface area contributed by atoms with E-state index in [0.717, 1.165) is 12.8 Å². The first-order chi connectivity index (χ1) is 9.25. The van der Waals surface area contributed by atoms with Crippen LogP contribution in [0, 0.1) is 12.8 Å². The van der Waals surface area contributed by atoms with E-state index in [1.807, 2.05) is 6.92 Å². The van der Waals surface area contributed by atoms with Gasteiger partial charge in [-0.3, -0.25) is 0 Å². The van der Waals surface area contributed by atoms with Crippen LogP contribution >= 0.6 is 0 Å². The van der Waals surface area contributed by atoms with E-state index in [4.69, 9.17) is 5.11 Å². The molecule has 1 unspecified atom stereocenters. The second-order valence-corrected chi connectivity index (χ2v) is 7.38. The molecule has 0 amide bonds. The standard InChI is InChI=1S/C14H19NO4S/c1-9-4-7-12(8-13(9)14(16)17)20(18,19)15(3)10(2)11-5-6-11/h4,7-8,10-11H,5-6H2,1-3H3,(H,16,17). The molecular formula is C14H19NO4S. The van der Waals surface area contributed by atoms with Crippen LogP contribution in [0.25, 0.3) is 0 Å². The molecule has 0 bridgehead atoms. The highest BCUT2D eigenvalue weighted by molar-refractivity contribution is 7.89. The average molecular weight is 297 g/mol. The normalized spacial score (nSPS) is 17.2. The van der Waals surface area contributed by atoms with E-state index >= 15 is 0 Å². The zero-order chi connectivity index (χ0) is 15.1. The Labute approximate surface area is 119 Å². The van der Waals surface area contributed by atoms with Crippen molar-refractivity contribution in [3.63, 3.8) is 0 Å². The summed E-state index contributed by atoms with van der Waals surface area (Å²) in [5, 5.41) is 9.09. The first-order valence-electron chi connectivity index (χ1n) is 6.57. The Bertz CT molecular complexity index is 635. The van der Waals surface area contributed by atoms with Crippen LogP contribution in [0.5, 0.6) is 0 Å². The molecule has 1 aliphatic carbocycles. The summed E-state index contributed by atoms with van der Waals surface area (Å²) in [4.78, 5) is 11.2. The molecule has 1 fully saturated rings. The third kappa shape index (κ3) is 2.71. The van der Waals surface area contributed by atoms with Crippen molar-refractivity contribution in [2.45, 2.75) is 37.6 Å². The summed E-state index contributed by atoms with van der Waals surface area (Å²) < 4.78 is 26.4. The number of hydrogen-bond acceptors (Lipinski definition) is 3. The van der Waals surface area contributed by atoms with Crippen molar-refractivity contribution in [2.75, 3.05) is 7.05 Å². The average Bonchev–Trinajstić information content (AvgIpc) is 3.21. The Balaban J connectivity index is 2.38. The molecule has 1 aromatic rings. The van der Waals surface area contributed by atoms with Crippen molar-refractivity contribution in [3.8, 4) is 0 Å². The van der Waals surface area contributed by atoms with Gasteiger partial charge in [-0.1, -0.05) is 6.07 Å². The van der Waals surface area contributed by atoms with Crippen molar-refractivity contribution in [3.05, 3.63) is 29.3 Å². The van der Waals surface area contributed by atoms with Gasteiger partial charge in [-0.05, 0) is 50.3 Å². The zero-order valence-corrected chi connectivity index (χ0v) is 12.6. The number of rotatable bonds is 5. The number of sulfonamides is 1. The summed E-state index contributed by atoms with van der Waals surface area (Å²) in [6, 6.07) is 4.18. The van der Waals surface area contributed by atoms with Crippen molar-refractivity contribution in [1.82, 2.24) is 4.31 Å². The van der Waals surface area contributed by atoms with E-state index in [-0.39, 0.29) is 16.5 Å². The first kappa shape index (κ1) is 15.0. The van der Waals surface area contributed by atoms with Gasteiger partial charge < -0.3 is 5.11 Å². The van der Waals surface area contributed by atoms with Crippen LogP contribution < -0.4 is 0 Å². The number of carboxylic acids is 1. The van der Waals surface area contributed by atoms with Crippen molar-refractivity contribution in [2.24, 2.45) is 5.92 Å². The minimum absolute atomic E-state index is 0.0264. The quantitative estimate of drug-likeness (QED) is 0.903. The number of aromatic carboxylic acids is 1. The Hall–Kier alpha value is -1.40. The van der Waals surface area contributed by atoms with E-state index in [1.54, 1.807) is 14.0 Å². The molecule has 0 spiro atoms. The van der Waals surface area contributed by atoms with Gasteiger partial charge in [-0.15, -0.1) is 0 Å². The van der Waals surface area contributed by atoms with Gasteiger partial charge in [0.1, 0.15) is 0 Å². The molecule has 20 heavy (non-hydrogen) atoms. The van der Waals surface area contributed by atoms with E-state index in [9.17, 15) is 13.2 Å². The molecule has 6 heteroatoms. The van der Waals surface area contributed by atoms with E-state index in [0.29, 0.717) is 11.5 Å². The van der Waals surface area contributed by atoms with Crippen LogP contribution in [0.15, 0.2) is 23.1 Å². The lowest BCUT2D eigenvalue weighted by Gasteiger charge is -2.24. The van der Waals surface area contributed by atoms with Crippen LogP contribution in [-0.4, -0.2) is 36.9 Å². The third-order valence-corrected chi connectivity index (χ3v) is 5.93. The second kappa shape index (κ2) is 5.18. The number of hydrogen-bond donors (Lipinski definition) is 1. The molecular weight excluding hydrogens is 278 g/mol. The maximum Gasteiger partial charge on any atom is 0.335 e. The van der Waals surface area contributed by atoms with Crippen LogP contribution in [0.2, 0.25) is 0 Å². The molecule has 1 saturated carbocycles. The highest BCUT2D eigenvalue weighted by Crippen LogP contribution is 2.36. The predicted molar refractivity (Wildman–Crippen MR) is 75.3 cm³/mol. The maximum atomic E-state index is 12.5. The molecule has 1 atom stereocenters. The van der Waals surface area contributed by atoms with E-state index in [2.05, 4.69) is 0 Å². The molecule has 1 N–H and O–H groups in total. The summed E-state index contributed by atoms with van der Waals surface area (Å²) in [5.41, 5.74) is 0.577. The fourth-order valence-electron chi connectivity index (χ4n) is 2.25. The minimum Gasteiger partial charge on any atom is -0.478 e. The predicted octanol–water partition coefficient (Wildman–Crippen LogP) is 2.11. The number of aryl methyl sites for hydroxylation is 1. The van der Waals surface area contributed by atoms with Crippen LogP contribution in [0.3, 0.4) is 0 Å². The molecule has 2 rings (SSSR count). The Kier molecular flexibility index (Phi) is 3.88. The summed E-state index contributed by atoms with van der Waals surface area (Å²) in [5.74, 6) is -0.698. The second-order valence-electron chi connectivity index (χ2n) is 5.38. The fourth-order valence-corrected chi connectivity index (χ4v) is 3.70. The molecule has 1 aliphatic rings. The SMILES string of the molecule is Cc1ccc(S(=O)(=O)N(C)C(C)C2CC2)cc1C(=O)O. The third-order valence-electron chi connectivity index (χ3n) is 3.99. The smallest absolute Gasteiger partial charge is 0.335 e. The van der Waals surface area contributed by atoms with Crippen molar-refractivity contribution < 1.29 is 18.3 Å². The highest BCUT2D eigenvalue weighted by atomic mass is 32.2. The van der Waals surface area contributed by atoms with Gasteiger partial charge in [0.05, 0.1) is 10.5 Å². The lowest BCUT2D eigenvalue weighted by Crippen LogP contribution is -2.36.